The average molecular weight is 611 g/mol. The van der Waals surface area contributed by atoms with Crippen molar-refractivity contribution < 1.29 is 34.1 Å². The van der Waals surface area contributed by atoms with Crippen molar-refractivity contribution in [3.8, 4) is 5.75 Å². The number of benzene rings is 2. The molecule has 1 unspecified atom stereocenters. The minimum atomic E-state index is -0.908. The summed E-state index contributed by atoms with van der Waals surface area (Å²) in [5.41, 5.74) is 1.00. The van der Waals surface area contributed by atoms with Crippen LogP contribution in [0.3, 0.4) is 0 Å². The van der Waals surface area contributed by atoms with Gasteiger partial charge >= 0.3 is 0 Å². The van der Waals surface area contributed by atoms with Crippen molar-refractivity contribution in [1.29, 1.82) is 0 Å². The number of anilines is 1. The molecule has 0 spiro atoms. The summed E-state index contributed by atoms with van der Waals surface area (Å²) in [5.74, 6) is 0.826. The van der Waals surface area contributed by atoms with E-state index in [2.05, 4.69) is 22.8 Å². The molecule has 2 bridgehead atoms. The summed E-state index contributed by atoms with van der Waals surface area (Å²) in [6, 6.07) is 14.9. The van der Waals surface area contributed by atoms with E-state index in [1.807, 2.05) is 18.2 Å². The Balaban J connectivity index is 0.990. The molecule has 3 heterocycles. The maximum Gasteiger partial charge on any atom is 0.211 e. The van der Waals surface area contributed by atoms with Crippen molar-refractivity contribution in [3.05, 3.63) is 59.7 Å². The number of hydrogen-bond acceptors (Lipinski definition) is 7. The number of fused-ring (bicyclic) bond motifs is 3. The number of unbranched alkanes of at least 4 members (excludes halogenated alkanes) is 1. The molecule has 1 amide bonds. The van der Waals surface area contributed by atoms with Crippen LogP contribution in [-0.2, 0) is 19.9 Å². The van der Waals surface area contributed by atoms with Crippen molar-refractivity contribution in [2.45, 2.75) is 69.2 Å². The van der Waals surface area contributed by atoms with Gasteiger partial charge < -0.3 is 39.9 Å². The molecule has 44 heavy (non-hydrogen) atoms. The molecule has 6 rings (SSSR count). The number of aromatic hydroxyl groups is 1. The van der Waals surface area contributed by atoms with E-state index < -0.39 is 11.7 Å². The third-order valence-corrected chi connectivity index (χ3v) is 10.4. The van der Waals surface area contributed by atoms with E-state index in [-0.39, 0.29) is 23.5 Å². The van der Waals surface area contributed by atoms with Gasteiger partial charge in [-0.25, -0.2) is 0 Å². The number of ether oxygens (including phenoxy) is 2. The Morgan fingerprint density at radius 2 is 1.80 bits per heavy atom. The Morgan fingerprint density at radius 1 is 1.02 bits per heavy atom. The van der Waals surface area contributed by atoms with E-state index in [1.54, 1.807) is 12.1 Å². The molecular formula is C35H52N3O6+. The molecule has 2 aromatic rings. The smallest absolute Gasteiger partial charge is 0.211 e. The third-order valence-electron chi connectivity index (χ3n) is 10.4. The number of carbonyl (C=O) groups excluding carboxylic acids is 1. The lowest BCUT2D eigenvalue weighted by Crippen LogP contribution is -2.65. The number of quaternary nitrogens is 1. The molecule has 3 saturated heterocycles. The number of phenols is 1. The number of carbonyl (C=O) groups is 1. The number of aliphatic hydroxyl groups excluding tert-OH is 1. The minimum absolute atomic E-state index is 0.0325. The number of piperidine rings is 3. The summed E-state index contributed by atoms with van der Waals surface area (Å²) in [6.45, 7) is 7.43. The lowest BCUT2D eigenvalue weighted by Gasteiger charge is -2.52. The standard InChI is InChI=1S/C35H51N3O6/c39-26-37-31-22-28(12-13-32(31)40)33(41)23-36-16-6-7-20-43-21-19-38-17-14-27(15-18-38)34(24-38)44-25-35(42,30-10-4-5-11-30)29-8-2-1-3-9-29/h1-3,8-9,12-13,22,26-27,30,33-34,36,41-42H,4-7,10-11,14-21,23-25H2,(H-,37,39,40)/p+1/t27?,33-,34-,35?,38?/m0/s1. The van der Waals surface area contributed by atoms with Gasteiger partial charge in [-0.3, -0.25) is 4.79 Å². The van der Waals surface area contributed by atoms with Crippen LogP contribution >= 0.6 is 0 Å². The zero-order valence-electron chi connectivity index (χ0n) is 26.0. The van der Waals surface area contributed by atoms with E-state index in [0.29, 0.717) is 31.0 Å². The van der Waals surface area contributed by atoms with Crippen LogP contribution in [0.4, 0.5) is 5.69 Å². The topological polar surface area (TPSA) is 120 Å². The first kappa shape index (κ1) is 32.9. The molecule has 4 aliphatic rings. The summed E-state index contributed by atoms with van der Waals surface area (Å²) in [5, 5.41) is 37.9. The molecule has 1 saturated carbocycles. The fourth-order valence-electron chi connectivity index (χ4n) is 7.64. The largest absolute Gasteiger partial charge is 0.506 e. The molecular weight excluding hydrogens is 558 g/mol. The molecule has 0 radical (unpaired) electrons. The number of rotatable bonds is 18. The Hall–Kier alpha value is -2.53. The number of nitrogens with zero attached hydrogens (tertiary/aromatic N) is 1. The van der Waals surface area contributed by atoms with Gasteiger partial charge in [-0.2, -0.15) is 0 Å². The molecule has 3 aliphatic heterocycles. The van der Waals surface area contributed by atoms with Crippen molar-refractivity contribution in [2.24, 2.45) is 11.8 Å². The summed E-state index contributed by atoms with van der Waals surface area (Å²) >= 11 is 0. The Labute approximate surface area is 262 Å². The van der Waals surface area contributed by atoms with Crippen LogP contribution in [0.1, 0.15) is 68.6 Å². The van der Waals surface area contributed by atoms with Gasteiger partial charge in [0, 0.05) is 31.9 Å². The zero-order valence-corrected chi connectivity index (χ0v) is 26.0. The Bertz CT molecular complexity index is 1170. The molecule has 2 aromatic carbocycles. The lowest BCUT2D eigenvalue weighted by atomic mass is 9.80. The zero-order chi connectivity index (χ0) is 30.8. The predicted octanol–water partition coefficient (Wildman–Crippen LogP) is 4.08. The highest BCUT2D eigenvalue weighted by atomic mass is 16.5. The average Bonchev–Trinajstić information content (AvgIpc) is 3.61. The Kier molecular flexibility index (Phi) is 11.7. The maximum absolute atomic E-state index is 12.0. The summed E-state index contributed by atoms with van der Waals surface area (Å²) in [6.07, 6.45) is 8.76. The molecule has 5 N–H and O–H groups in total. The van der Waals surface area contributed by atoms with Crippen LogP contribution in [-0.4, -0.2) is 91.4 Å². The highest BCUT2D eigenvalue weighted by molar-refractivity contribution is 5.75. The molecule has 1 aliphatic carbocycles. The van der Waals surface area contributed by atoms with E-state index in [9.17, 15) is 20.1 Å². The molecule has 9 nitrogen and oxygen atoms in total. The van der Waals surface area contributed by atoms with E-state index in [4.69, 9.17) is 9.47 Å². The molecule has 3 atom stereocenters. The van der Waals surface area contributed by atoms with E-state index >= 15 is 0 Å². The monoisotopic (exact) mass is 610 g/mol. The van der Waals surface area contributed by atoms with Crippen LogP contribution in [0, 0.1) is 11.8 Å². The van der Waals surface area contributed by atoms with Gasteiger partial charge in [0.1, 0.15) is 30.5 Å². The van der Waals surface area contributed by atoms with Crippen LogP contribution in [0.25, 0.3) is 0 Å². The van der Waals surface area contributed by atoms with Crippen LogP contribution in [0.5, 0.6) is 5.75 Å². The van der Waals surface area contributed by atoms with Crippen molar-refractivity contribution in [3.63, 3.8) is 0 Å². The molecule has 4 fully saturated rings. The van der Waals surface area contributed by atoms with Gasteiger partial charge in [0.25, 0.3) is 0 Å². The summed E-state index contributed by atoms with van der Waals surface area (Å²) in [4.78, 5) is 10.7. The van der Waals surface area contributed by atoms with Crippen LogP contribution in [0.2, 0.25) is 0 Å². The summed E-state index contributed by atoms with van der Waals surface area (Å²) in [7, 11) is 0. The Morgan fingerprint density at radius 3 is 2.55 bits per heavy atom. The van der Waals surface area contributed by atoms with Gasteiger partial charge in [0.05, 0.1) is 38.1 Å². The second kappa shape index (κ2) is 15.7. The van der Waals surface area contributed by atoms with Gasteiger partial charge in [-0.05, 0) is 61.4 Å². The number of nitrogens with one attached hydrogen (secondary N) is 2. The lowest BCUT2D eigenvalue weighted by molar-refractivity contribution is -0.946. The quantitative estimate of drug-likeness (QED) is 0.0747. The normalized spacial score (nSPS) is 25.5. The number of phenolic OH excluding ortho intramolecular Hbond substituents is 1. The minimum Gasteiger partial charge on any atom is -0.506 e. The first-order chi connectivity index (χ1) is 21.4. The van der Waals surface area contributed by atoms with Crippen molar-refractivity contribution in [2.75, 3.05) is 64.4 Å². The van der Waals surface area contributed by atoms with Gasteiger partial charge in [-0.15, -0.1) is 0 Å². The SMILES string of the molecule is O=CNc1cc([C@@H](O)CNCCCCOCC[N+]23CCC(CC2)[C@@H](OCC(O)(c2ccccc2)C2CCCC2)C3)ccc1O. The van der Waals surface area contributed by atoms with Gasteiger partial charge in [-0.1, -0.05) is 49.2 Å². The highest BCUT2D eigenvalue weighted by Gasteiger charge is 2.48. The third kappa shape index (κ3) is 8.19. The second-order valence-corrected chi connectivity index (χ2v) is 13.2. The second-order valence-electron chi connectivity index (χ2n) is 13.2. The molecule has 9 heteroatoms. The van der Waals surface area contributed by atoms with Gasteiger partial charge in [0.2, 0.25) is 6.41 Å². The summed E-state index contributed by atoms with van der Waals surface area (Å²) < 4.78 is 13.8. The fourth-order valence-corrected chi connectivity index (χ4v) is 7.64. The van der Waals surface area contributed by atoms with Crippen LogP contribution < -0.4 is 10.6 Å². The van der Waals surface area contributed by atoms with E-state index in [0.717, 1.165) is 68.6 Å². The van der Waals surface area contributed by atoms with Gasteiger partial charge in [0.15, 0.2) is 0 Å². The first-order valence-electron chi connectivity index (χ1n) is 16.7. The highest BCUT2D eigenvalue weighted by Crippen LogP contribution is 2.42. The van der Waals surface area contributed by atoms with Crippen molar-refractivity contribution >= 4 is 12.1 Å². The predicted molar refractivity (Wildman–Crippen MR) is 170 cm³/mol. The molecule has 242 valence electrons. The number of amides is 1. The van der Waals surface area contributed by atoms with Crippen LogP contribution in [0.15, 0.2) is 48.5 Å². The maximum atomic E-state index is 12.0. The fraction of sp³-hybridized carbons (Fsp3) is 0.629. The molecule has 0 aromatic heterocycles. The number of hydrogen-bond donors (Lipinski definition) is 5. The first-order valence-corrected chi connectivity index (χ1v) is 16.7. The van der Waals surface area contributed by atoms with E-state index in [1.165, 1.54) is 44.8 Å². The number of aliphatic hydroxyl groups is 2. The van der Waals surface area contributed by atoms with Crippen molar-refractivity contribution in [1.82, 2.24) is 5.32 Å².